The highest BCUT2D eigenvalue weighted by Crippen LogP contribution is 2.19. The number of aromatic amines is 1. The summed E-state index contributed by atoms with van der Waals surface area (Å²) in [5.41, 5.74) is 2.69. The molecule has 1 aromatic heterocycles. The topological polar surface area (TPSA) is 40.7 Å². The van der Waals surface area contributed by atoms with Gasteiger partial charge in [-0.05, 0) is 37.6 Å². The SMILES string of the molecule is Cc1cnc(Nc2ccc(F)cc2C)[nH]1. The number of benzene rings is 1. The number of anilines is 2. The van der Waals surface area contributed by atoms with E-state index in [0.29, 0.717) is 5.95 Å². The van der Waals surface area contributed by atoms with Crippen molar-refractivity contribution in [3.63, 3.8) is 0 Å². The van der Waals surface area contributed by atoms with E-state index in [1.807, 2.05) is 13.8 Å². The van der Waals surface area contributed by atoms with Crippen LogP contribution in [0.1, 0.15) is 11.3 Å². The summed E-state index contributed by atoms with van der Waals surface area (Å²) in [6.07, 6.45) is 1.74. The Hall–Kier alpha value is -1.84. The van der Waals surface area contributed by atoms with Crippen LogP contribution in [-0.2, 0) is 0 Å². The fourth-order valence-corrected chi connectivity index (χ4v) is 1.37. The van der Waals surface area contributed by atoms with Crippen molar-refractivity contribution in [1.82, 2.24) is 9.97 Å². The molecule has 0 saturated heterocycles. The number of rotatable bonds is 2. The summed E-state index contributed by atoms with van der Waals surface area (Å²) >= 11 is 0. The number of aryl methyl sites for hydroxylation is 2. The second-order valence-electron chi connectivity index (χ2n) is 3.50. The van der Waals surface area contributed by atoms with E-state index in [4.69, 9.17) is 0 Å². The van der Waals surface area contributed by atoms with Crippen LogP contribution in [0.2, 0.25) is 0 Å². The molecule has 1 heterocycles. The molecule has 2 rings (SSSR count). The molecule has 1 aromatic carbocycles. The van der Waals surface area contributed by atoms with Gasteiger partial charge in [0.15, 0.2) is 0 Å². The molecule has 0 radical (unpaired) electrons. The molecule has 3 nitrogen and oxygen atoms in total. The number of H-pyrrole nitrogens is 1. The van der Waals surface area contributed by atoms with Crippen molar-refractivity contribution in [2.45, 2.75) is 13.8 Å². The largest absolute Gasteiger partial charge is 0.328 e. The molecule has 15 heavy (non-hydrogen) atoms. The summed E-state index contributed by atoms with van der Waals surface area (Å²) in [5.74, 6) is 0.441. The lowest BCUT2D eigenvalue weighted by atomic mass is 10.2. The first-order chi connectivity index (χ1) is 7.15. The molecular weight excluding hydrogens is 193 g/mol. The van der Waals surface area contributed by atoms with Gasteiger partial charge in [0.05, 0.1) is 0 Å². The van der Waals surface area contributed by atoms with Gasteiger partial charge >= 0.3 is 0 Å². The molecule has 0 aliphatic heterocycles. The number of nitrogens with one attached hydrogen (secondary N) is 2. The smallest absolute Gasteiger partial charge is 0.204 e. The van der Waals surface area contributed by atoms with Crippen molar-refractivity contribution in [1.29, 1.82) is 0 Å². The number of hydrogen-bond acceptors (Lipinski definition) is 2. The molecule has 0 bridgehead atoms. The van der Waals surface area contributed by atoms with E-state index in [-0.39, 0.29) is 5.82 Å². The Labute approximate surface area is 87.4 Å². The maximum absolute atomic E-state index is 12.8. The van der Waals surface area contributed by atoms with Crippen LogP contribution < -0.4 is 5.32 Å². The molecule has 2 aromatic rings. The zero-order chi connectivity index (χ0) is 10.8. The Morgan fingerprint density at radius 2 is 2.13 bits per heavy atom. The minimum absolute atomic E-state index is 0.228. The predicted molar refractivity (Wildman–Crippen MR) is 57.7 cm³/mol. The van der Waals surface area contributed by atoms with Crippen LogP contribution in [0.5, 0.6) is 0 Å². The standard InChI is InChI=1S/C11H12FN3/c1-7-5-9(12)3-4-10(7)15-11-13-6-8(2)14-11/h3-6H,1-2H3,(H2,13,14,15). The lowest BCUT2D eigenvalue weighted by Gasteiger charge is -2.06. The van der Waals surface area contributed by atoms with Gasteiger partial charge in [-0.1, -0.05) is 0 Å². The Balaban J connectivity index is 2.24. The summed E-state index contributed by atoms with van der Waals surface area (Å²) in [5, 5.41) is 3.09. The third-order valence-corrected chi connectivity index (χ3v) is 2.14. The van der Waals surface area contributed by atoms with Crippen LogP contribution in [0.4, 0.5) is 16.0 Å². The molecule has 4 heteroatoms. The highest BCUT2D eigenvalue weighted by Gasteiger charge is 2.02. The molecule has 0 spiro atoms. The van der Waals surface area contributed by atoms with Gasteiger partial charge < -0.3 is 10.3 Å². The maximum atomic E-state index is 12.8. The predicted octanol–water partition coefficient (Wildman–Crippen LogP) is 2.91. The van der Waals surface area contributed by atoms with Crippen LogP contribution in [0, 0.1) is 19.7 Å². The van der Waals surface area contributed by atoms with Crippen molar-refractivity contribution >= 4 is 11.6 Å². The molecule has 0 fully saturated rings. The van der Waals surface area contributed by atoms with Crippen LogP contribution in [0.15, 0.2) is 24.4 Å². The monoisotopic (exact) mass is 205 g/mol. The van der Waals surface area contributed by atoms with E-state index in [9.17, 15) is 4.39 Å². The first kappa shape index (κ1) is 9.71. The Morgan fingerprint density at radius 3 is 2.73 bits per heavy atom. The van der Waals surface area contributed by atoms with Crippen LogP contribution in [0.3, 0.4) is 0 Å². The second kappa shape index (κ2) is 3.73. The summed E-state index contributed by atoms with van der Waals surface area (Å²) in [6.45, 7) is 3.77. The van der Waals surface area contributed by atoms with Crippen LogP contribution in [-0.4, -0.2) is 9.97 Å². The minimum atomic E-state index is -0.228. The van der Waals surface area contributed by atoms with Crippen LogP contribution >= 0.6 is 0 Å². The first-order valence-corrected chi connectivity index (χ1v) is 4.70. The molecule has 0 aliphatic carbocycles. The summed E-state index contributed by atoms with van der Waals surface area (Å²) < 4.78 is 12.8. The van der Waals surface area contributed by atoms with E-state index in [1.165, 1.54) is 12.1 Å². The van der Waals surface area contributed by atoms with Crippen molar-refractivity contribution in [3.8, 4) is 0 Å². The lowest BCUT2D eigenvalue weighted by Crippen LogP contribution is -1.95. The molecule has 0 amide bonds. The average Bonchev–Trinajstić information content (AvgIpc) is 2.56. The third-order valence-electron chi connectivity index (χ3n) is 2.14. The molecule has 78 valence electrons. The van der Waals surface area contributed by atoms with Crippen molar-refractivity contribution in [3.05, 3.63) is 41.5 Å². The summed E-state index contributed by atoms with van der Waals surface area (Å²) in [7, 11) is 0. The van der Waals surface area contributed by atoms with E-state index in [1.54, 1.807) is 12.3 Å². The van der Waals surface area contributed by atoms with Crippen LogP contribution in [0.25, 0.3) is 0 Å². The van der Waals surface area contributed by atoms with Gasteiger partial charge in [0.1, 0.15) is 5.82 Å². The van der Waals surface area contributed by atoms with Crippen molar-refractivity contribution < 1.29 is 4.39 Å². The van der Waals surface area contributed by atoms with E-state index in [2.05, 4.69) is 15.3 Å². The number of nitrogens with zero attached hydrogens (tertiary/aromatic N) is 1. The average molecular weight is 205 g/mol. The van der Waals surface area contributed by atoms with Gasteiger partial charge in [-0.25, -0.2) is 9.37 Å². The minimum Gasteiger partial charge on any atom is -0.328 e. The van der Waals surface area contributed by atoms with Crippen molar-refractivity contribution in [2.75, 3.05) is 5.32 Å². The Bertz CT molecular complexity index is 476. The highest BCUT2D eigenvalue weighted by atomic mass is 19.1. The third kappa shape index (κ3) is 2.15. The number of hydrogen-bond donors (Lipinski definition) is 2. The molecule has 0 atom stereocenters. The molecule has 2 N–H and O–H groups in total. The molecule has 0 aliphatic rings. The number of imidazole rings is 1. The first-order valence-electron chi connectivity index (χ1n) is 4.70. The fourth-order valence-electron chi connectivity index (χ4n) is 1.37. The zero-order valence-corrected chi connectivity index (χ0v) is 8.63. The zero-order valence-electron chi connectivity index (χ0n) is 8.63. The maximum Gasteiger partial charge on any atom is 0.204 e. The molecule has 0 saturated carbocycles. The van der Waals surface area contributed by atoms with Gasteiger partial charge in [-0.3, -0.25) is 0 Å². The van der Waals surface area contributed by atoms with Crippen molar-refractivity contribution in [2.24, 2.45) is 0 Å². The normalized spacial score (nSPS) is 10.3. The second-order valence-corrected chi connectivity index (χ2v) is 3.50. The van der Waals surface area contributed by atoms with E-state index >= 15 is 0 Å². The van der Waals surface area contributed by atoms with Gasteiger partial charge in [0.25, 0.3) is 0 Å². The fraction of sp³-hybridized carbons (Fsp3) is 0.182. The van der Waals surface area contributed by atoms with E-state index in [0.717, 1.165) is 16.9 Å². The number of aromatic nitrogens is 2. The van der Waals surface area contributed by atoms with Gasteiger partial charge in [-0.15, -0.1) is 0 Å². The molecule has 0 unspecified atom stereocenters. The Kier molecular flexibility index (Phi) is 2.41. The summed E-state index contributed by atoms with van der Waals surface area (Å²) in [6, 6.07) is 4.60. The lowest BCUT2D eigenvalue weighted by molar-refractivity contribution is 0.627. The number of halogens is 1. The van der Waals surface area contributed by atoms with E-state index < -0.39 is 0 Å². The highest BCUT2D eigenvalue weighted by molar-refractivity contribution is 5.58. The van der Waals surface area contributed by atoms with Gasteiger partial charge in [-0.2, -0.15) is 0 Å². The van der Waals surface area contributed by atoms with Gasteiger partial charge in [0, 0.05) is 17.6 Å². The van der Waals surface area contributed by atoms with Gasteiger partial charge in [0.2, 0.25) is 5.95 Å². The Morgan fingerprint density at radius 1 is 1.33 bits per heavy atom. The quantitative estimate of drug-likeness (QED) is 0.791. The molecular formula is C11H12FN3. The summed E-state index contributed by atoms with van der Waals surface area (Å²) in [4.78, 5) is 7.16.